The Morgan fingerprint density at radius 2 is 2.14 bits per heavy atom. The average molecular weight is 315 g/mol. The summed E-state index contributed by atoms with van der Waals surface area (Å²) in [6, 6.07) is 6.78. The van der Waals surface area contributed by atoms with Gasteiger partial charge in [-0.2, -0.15) is 0 Å². The van der Waals surface area contributed by atoms with E-state index in [4.69, 9.17) is 9.72 Å². The largest absolute Gasteiger partial charge is 0.385 e. The summed E-state index contributed by atoms with van der Waals surface area (Å²) in [6.07, 6.45) is 2.39. The predicted octanol–water partition coefficient (Wildman–Crippen LogP) is 3.31. The minimum Gasteiger partial charge on any atom is -0.385 e. The number of rotatable bonds is 2. The van der Waals surface area contributed by atoms with Gasteiger partial charge in [-0.25, -0.2) is 4.98 Å². The Balaban J connectivity index is 1.66. The van der Waals surface area contributed by atoms with Crippen LogP contribution in [0.5, 0.6) is 0 Å². The van der Waals surface area contributed by atoms with E-state index in [2.05, 4.69) is 35.3 Å². The molecule has 3 heterocycles. The van der Waals surface area contributed by atoms with Gasteiger partial charge in [-0.3, -0.25) is 0 Å². The molecule has 1 aromatic heterocycles. The Morgan fingerprint density at radius 3 is 3.00 bits per heavy atom. The van der Waals surface area contributed by atoms with Crippen LogP contribution in [0.4, 0.5) is 10.8 Å². The Hall–Kier alpha value is -1.59. The highest BCUT2D eigenvalue weighted by Crippen LogP contribution is 2.37. The van der Waals surface area contributed by atoms with Gasteiger partial charge in [-0.15, -0.1) is 0 Å². The number of benzene rings is 1. The second-order valence-corrected chi connectivity index (χ2v) is 6.89. The number of nitrogens with zero attached hydrogens (tertiary/aromatic N) is 2. The van der Waals surface area contributed by atoms with E-state index < -0.39 is 0 Å². The normalized spacial score (nSPS) is 18.0. The SMILES string of the molecule is Cc1nc(N2CCOCC2)sc1-c1ccc2c(c1)CCCN2. The Kier molecular flexibility index (Phi) is 3.76. The lowest BCUT2D eigenvalue weighted by molar-refractivity contribution is 0.122. The zero-order valence-corrected chi connectivity index (χ0v) is 13.7. The lowest BCUT2D eigenvalue weighted by atomic mass is 10.00. The lowest BCUT2D eigenvalue weighted by Crippen LogP contribution is -2.36. The maximum atomic E-state index is 5.43. The Morgan fingerprint density at radius 1 is 1.27 bits per heavy atom. The van der Waals surface area contributed by atoms with E-state index in [1.807, 2.05) is 11.3 Å². The molecular weight excluding hydrogens is 294 g/mol. The molecule has 116 valence electrons. The van der Waals surface area contributed by atoms with Gasteiger partial charge < -0.3 is 15.0 Å². The molecule has 4 rings (SSSR count). The van der Waals surface area contributed by atoms with Gasteiger partial charge in [0, 0.05) is 25.3 Å². The van der Waals surface area contributed by atoms with Crippen LogP contribution >= 0.6 is 11.3 Å². The van der Waals surface area contributed by atoms with Crippen LogP contribution < -0.4 is 10.2 Å². The van der Waals surface area contributed by atoms with Crippen molar-refractivity contribution in [2.75, 3.05) is 43.1 Å². The van der Waals surface area contributed by atoms with Crippen LogP contribution in [-0.2, 0) is 11.2 Å². The molecule has 1 aromatic carbocycles. The highest BCUT2D eigenvalue weighted by molar-refractivity contribution is 7.19. The van der Waals surface area contributed by atoms with Crippen molar-refractivity contribution in [3.8, 4) is 10.4 Å². The van der Waals surface area contributed by atoms with Gasteiger partial charge in [0.1, 0.15) is 0 Å². The zero-order chi connectivity index (χ0) is 14.9. The summed E-state index contributed by atoms with van der Waals surface area (Å²) in [6.45, 7) is 6.71. The predicted molar refractivity (Wildman–Crippen MR) is 92.1 cm³/mol. The van der Waals surface area contributed by atoms with E-state index in [0.29, 0.717) is 0 Å². The molecule has 0 spiro atoms. The van der Waals surface area contributed by atoms with E-state index in [1.165, 1.54) is 34.5 Å². The van der Waals surface area contributed by atoms with Gasteiger partial charge >= 0.3 is 0 Å². The van der Waals surface area contributed by atoms with Crippen molar-refractivity contribution in [2.24, 2.45) is 0 Å². The summed E-state index contributed by atoms with van der Waals surface area (Å²) < 4.78 is 5.43. The number of aryl methyl sites for hydroxylation is 2. The van der Waals surface area contributed by atoms with Crippen LogP contribution in [0.15, 0.2) is 18.2 Å². The molecule has 0 saturated carbocycles. The maximum Gasteiger partial charge on any atom is 0.186 e. The lowest BCUT2D eigenvalue weighted by Gasteiger charge is -2.26. The van der Waals surface area contributed by atoms with Crippen molar-refractivity contribution in [3.05, 3.63) is 29.5 Å². The summed E-state index contributed by atoms with van der Waals surface area (Å²) in [5.41, 5.74) is 5.17. The molecule has 2 aromatic rings. The van der Waals surface area contributed by atoms with E-state index >= 15 is 0 Å². The van der Waals surface area contributed by atoms with Crippen LogP contribution in [0, 0.1) is 6.92 Å². The van der Waals surface area contributed by atoms with Crippen molar-refractivity contribution in [1.29, 1.82) is 0 Å². The fourth-order valence-corrected chi connectivity index (χ4v) is 4.27. The summed E-state index contributed by atoms with van der Waals surface area (Å²) in [5.74, 6) is 0. The van der Waals surface area contributed by atoms with Gasteiger partial charge in [0.25, 0.3) is 0 Å². The van der Waals surface area contributed by atoms with Gasteiger partial charge in [0.15, 0.2) is 5.13 Å². The van der Waals surface area contributed by atoms with Crippen molar-refractivity contribution < 1.29 is 4.74 Å². The molecule has 0 amide bonds. The highest BCUT2D eigenvalue weighted by Gasteiger charge is 2.18. The maximum absolute atomic E-state index is 5.43. The van der Waals surface area contributed by atoms with Crippen molar-refractivity contribution in [1.82, 2.24) is 4.98 Å². The first-order valence-electron chi connectivity index (χ1n) is 7.98. The van der Waals surface area contributed by atoms with Crippen LogP contribution in [0.2, 0.25) is 0 Å². The minimum atomic E-state index is 0.804. The van der Waals surface area contributed by atoms with Crippen molar-refractivity contribution in [2.45, 2.75) is 19.8 Å². The third-order valence-electron chi connectivity index (χ3n) is 4.37. The smallest absolute Gasteiger partial charge is 0.186 e. The molecule has 0 radical (unpaired) electrons. The van der Waals surface area contributed by atoms with Crippen molar-refractivity contribution in [3.63, 3.8) is 0 Å². The number of aromatic nitrogens is 1. The van der Waals surface area contributed by atoms with Crippen LogP contribution in [-0.4, -0.2) is 37.8 Å². The van der Waals surface area contributed by atoms with E-state index in [-0.39, 0.29) is 0 Å². The highest BCUT2D eigenvalue weighted by atomic mass is 32.1. The van der Waals surface area contributed by atoms with E-state index in [0.717, 1.165) is 43.7 Å². The molecule has 2 aliphatic heterocycles. The van der Waals surface area contributed by atoms with Crippen LogP contribution in [0.3, 0.4) is 0 Å². The van der Waals surface area contributed by atoms with E-state index in [1.54, 1.807) is 0 Å². The number of anilines is 2. The first kappa shape index (κ1) is 14.0. The number of hydrogen-bond acceptors (Lipinski definition) is 5. The molecule has 1 fully saturated rings. The number of fused-ring (bicyclic) bond motifs is 1. The summed E-state index contributed by atoms with van der Waals surface area (Å²) in [4.78, 5) is 8.43. The molecule has 0 unspecified atom stereocenters. The molecule has 5 heteroatoms. The first-order chi connectivity index (χ1) is 10.8. The van der Waals surface area contributed by atoms with Gasteiger partial charge in [0.05, 0.1) is 23.8 Å². The van der Waals surface area contributed by atoms with Gasteiger partial charge in [0.2, 0.25) is 0 Å². The fraction of sp³-hybridized carbons (Fsp3) is 0.471. The first-order valence-corrected chi connectivity index (χ1v) is 8.80. The second kappa shape index (κ2) is 5.89. The molecule has 4 nitrogen and oxygen atoms in total. The molecule has 2 aliphatic rings. The summed E-state index contributed by atoms with van der Waals surface area (Å²) >= 11 is 1.81. The fourth-order valence-electron chi connectivity index (χ4n) is 3.16. The van der Waals surface area contributed by atoms with Gasteiger partial charge in [-0.1, -0.05) is 17.4 Å². The number of ether oxygens (including phenoxy) is 1. The Bertz CT molecular complexity index is 677. The van der Waals surface area contributed by atoms with E-state index in [9.17, 15) is 0 Å². The Labute approximate surface area is 135 Å². The molecule has 1 saturated heterocycles. The number of nitrogens with one attached hydrogen (secondary N) is 1. The summed E-state index contributed by atoms with van der Waals surface area (Å²) in [7, 11) is 0. The monoisotopic (exact) mass is 315 g/mol. The second-order valence-electron chi connectivity index (χ2n) is 5.91. The van der Waals surface area contributed by atoms with Crippen molar-refractivity contribution >= 4 is 22.2 Å². The number of thiazole rings is 1. The molecule has 0 bridgehead atoms. The third-order valence-corrected chi connectivity index (χ3v) is 5.64. The quantitative estimate of drug-likeness (QED) is 0.922. The van der Waals surface area contributed by atoms with Crippen LogP contribution in [0.1, 0.15) is 17.7 Å². The average Bonchev–Trinajstić information content (AvgIpc) is 2.97. The topological polar surface area (TPSA) is 37.4 Å². The third kappa shape index (κ3) is 2.59. The molecule has 0 atom stereocenters. The van der Waals surface area contributed by atoms with Crippen LogP contribution in [0.25, 0.3) is 10.4 Å². The molecule has 22 heavy (non-hydrogen) atoms. The minimum absolute atomic E-state index is 0.804. The summed E-state index contributed by atoms with van der Waals surface area (Å²) in [5, 5.41) is 4.61. The molecule has 0 aliphatic carbocycles. The van der Waals surface area contributed by atoms with Gasteiger partial charge in [-0.05, 0) is 43.0 Å². The molecular formula is C17H21N3OS. The number of hydrogen-bond donors (Lipinski definition) is 1. The molecule has 1 N–H and O–H groups in total. The number of morpholine rings is 1. The standard InChI is InChI=1S/C17H21N3OS/c1-12-16(22-17(19-12)20-7-9-21-10-8-20)14-4-5-15-13(11-14)3-2-6-18-15/h4-5,11,18H,2-3,6-10H2,1H3. The zero-order valence-electron chi connectivity index (χ0n) is 12.9.